The van der Waals surface area contributed by atoms with E-state index in [1.165, 1.54) is 84.1 Å². The highest BCUT2D eigenvalue weighted by Crippen LogP contribution is 2.48. The molecule has 0 saturated carbocycles. The zero-order chi connectivity index (χ0) is 24.4. The third-order valence-corrected chi connectivity index (χ3v) is 12.5. The summed E-state index contributed by atoms with van der Waals surface area (Å²) in [6, 6.07) is 13.5. The van der Waals surface area contributed by atoms with Crippen molar-refractivity contribution in [2.45, 2.75) is 41.5 Å². The summed E-state index contributed by atoms with van der Waals surface area (Å²) in [6.07, 6.45) is 0. The Bertz CT molecular complexity index is 1590. The Morgan fingerprint density at radius 1 is 0.457 bits per heavy atom. The Kier molecular flexibility index (Phi) is 5.81. The molecule has 0 atom stereocenters. The van der Waals surface area contributed by atoms with Gasteiger partial charge in [-0.05, 0) is 88.1 Å². The highest BCUT2D eigenvalue weighted by Gasteiger charge is 2.23. The lowest BCUT2D eigenvalue weighted by Crippen LogP contribution is -1.86. The first kappa shape index (κ1) is 23.3. The average molecular weight is 549 g/mol. The molecule has 5 heterocycles. The van der Waals surface area contributed by atoms with Crippen LogP contribution in [0.25, 0.3) is 51.4 Å². The number of thiophene rings is 4. The van der Waals surface area contributed by atoms with E-state index in [1.54, 1.807) is 0 Å². The Hall–Kier alpha value is -2.16. The average Bonchev–Trinajstić information content (AvgIpc) is 3.65. The maximum absolute atomic E-state index is 4.81. The molecule has 0 bridgehead atoms. The third-order valence-electron chi connectivity index (χ3n) is 6.73. The summed E-state index contributed by atoms with van der Waals surface area (Å²) in [5.41, 5.74) is 9.86. The fourth-order valence-corrected chi connectivity index (χ4v) is 9.84. The standard InChI is InChI=1S/C28H24N2S5/c1-13-7-11-21(31-13)27-17(5)15(3)25(33-27)19-9-10-20(24-23(19)29-35-30-24)26-16(4)18(6)28(34-26)22-12-8-14(2)32-22/h7-12H,1-6H3. The monoisotopic (exact) mass is 548 g/mol. The van der Waals surface area contributed by atoms with Crippen LogP contribution < -0.4 is 0 Å². The molecule has 7 heteroatoms. The first-order valence-electron chi connectivity index (χ1n) is 11.4. The molecular weight excluding hydrogens is 525 g/mol. The first-order valence-corrected chi connectivity index (χ1v) is 15.4. The number of rotatable bonds is 4. The van der Waals surface area contributed by atoms with Crippen molar-refractivity contribution in [1.29, 1.82) is 0 Å². The first-order chi connectivity index (χ1) is 16.8. The quantitative estimate of drug-likeness (QED) is 0.219. The number of nitrogens with zero attached hydrogens (tertiary/aromatic N) is 2. The Morgan fingerprint density at radius 3 is 1.23 bits per heavy atom. The van der Waals surface area contributed by atoms with E-state index < -0.39 is 0 Å². The van der Waals surface area contributed by atoms with Crippen LogP contribution in [0.5, 0.6) is 0 Å². The van der Waals surface area contributed by atoms with Crippen molar-refractivity contribution in [3.8, 4) is 40.4 Å². The summed E-state index contributed by atoms with van der Waals surface area (Å²) < 4.78 is 9.61. The largest absolute Gasteiger partial charge is 0.172 e. The van der Waals surface area contributed by atoms with Crippen LogP contribution in [0.1, 0.15) is 32.0 Å². The summed E-state index contributed by atoms with van der Waals surface area (Å²) in [6.45, 7) is 13.3. The summed E-state index contributed by atoms with van der Waals surface area (Å²) in [7, 11) is 0. The molecule has 0 aliphatic rings. The van der Waals surface area contributed by atoms with Crippen LogP contribution in [0.15, 0.2) is 36.4 Å². The molecule has 176 valence electrons. The van der Waals surface area contributed by atoms with Gasteiger partial charge in [-0.15, -0.1) is 45.3 Å². The van der Waals surface area contributed by atoms with Gasteiger partial charge in [-0.1, -0.05) is 12.1 Å². The van der Waals surface area contributed by atoms with Crippen LogP contribution >= 0.6 is 57.1 Å². The molecule has 5 aromatic heterocycles. The van der Waals surface area contributed by atoms with Crippen molar-refractivity contribution in [3.63, 3.8) is 0 Å². The highest BCUT2D eigenvalue weighted by molar-refractivity contribution is 7.25. The van der Waals surface area contributed by atoms with E-state index in [0.717, 1.165) is 11.0 Å². The topological polar surface area (TPSA) is 25.8 Å². The van der Waals surface area contributed by atoms with Gasteiger partial charge in [0.2, 0.25) is 0 Å². The third kappa shape index (κ3) is 3.76. The fourth-order valence-electron chi connectivity index (χ4n) is 4.52. The van der Waals surface area contributed by atoms with E-state index in [2.05, 4.69) is 77.9 Å². The van der Waals surface area contributed by atoms with Gasteiger partial charge in [0, 0.05) is 50.1 Å². The van der Waals surface area contributed by atoms with Crippen LogP contribution in [0.2, 0.25) is 0 Å². The minimum Gasteiger partial charge on any atom is -0.172 e. The van der Waals surface area contributed by atoms with E-state index in [-0.39, 0.29) is 0 Å². The normalized spacial score (nSPS) is 11.7. The van der Waals surface area contributed by atoms with Crippen LogP contribution in [-0.4, -0.2) is 8.75 Å². The van der Waals surface area contributed by atoms with Crippen molar-refractivity contribution in [3.05, 3.63) is 68.4 Å². The second-order valence-corrected chi connectivity index (χ2v) is 14.1. The second kappa shape index (κ2) is 8.75. The number of aromatic nitrogens is 2. The van der Waals surface area contributed by atoms with Crippen molar-refractivity contribution in [2.24, 2.45) is 0 Å². The van der Waals surface area contributed by atoms with Crippen LogP contribution in [-0.2, 0) is 0 Å². The van der Waals surface area contributed by atoms with Gasteiger partial charge in [-0.3, -0.25) is 0 Å². The molecule has 0 aliphatic heterocycles. The molecule has 6 aromatic rings. The number of hydrogen-bond acceptors (Lipinski definition) is 7. The van der Waals surface area contributed by atoms with Gasteiger partial charge in [0.05, 0.1) is 11.7 Å². The van der Waals surface area contributed by atoms with Crippen LogP contribution in [0.4, 0.5) is 0 Å². The molecule has 35 heavy (non-hydrogen) atoms. The zero-order valence-corrected chi connectivity index (χ0v) is 24.5. The molecule has 2 nitrogen and oxygen atoms in total. The van der Waals surface area contributed by atoms with E-state index in [1.807, 2.05) is 45.3 Å². The van der Waals surface area contributed by atoms with E-state index in [4.69, 9.17) is 8.75 Å². The Morgan fingerprint density at radius 2 is 0.857 bits per heavy atom. The zero-order valence-electron chi connectivity index (χ0n) is 20.4. The molecule has 1 aromatic carbocycles. The number of aryl methyl sites for hydroxylation is 2. The molecule has 0 radical (unpaired) electrons. The molecule has 6 rings (SSSR count). The predicted molar refractivity (Wildman–Crippen MR) is 159 cm³/mol. The van der Waals surface area contributed by atoms with Crippen LogP contribution in [0, 0.1) is 41.5 Å². The minimum atomic E-state index is 1.02. The number of fused-ring (bicyclic) bond motifs is 1. The number of benzene rings is 1. The molecule has 0 amide bonds. The lowest BCUT2D eigenvalue weighted by molar-refractivity contribution is 1.40. The second-order valence-electron chi connectivity index (χ2n) is 8.96. The molecule has 0 spiro atoms. The summed E-state index contributed by atoms with van der Waals surface area (Å²) in [4.78, 5) is 10.8. The van der Waals surface area contributed by atoms with Crippen molar-refractivity contribution in [1.82, 2.24) is 8.75 Å². The summed E-state index contributed by atoms with van der Waals surface area (Å²) >= 11 is 8.83. The summed E-state index contributed by atoms with van der Waals surface area (Å²) in [5.74, 6) is 0. The van der Waals surface area contributed by atoms with Crippen molar-refractivity contribution >= 4 is 68.1 Å². The van der Waals surface area contributed by atoms with Crippen LogP contribution in [0.3, 0.4) is 0 Å². The minimum absolute atomic E-state index is 1.02. The van der Waals surface area contributed by atoms with Gasteiger partial charge in [0.15, 0.2) is 0 Å². The van der Waals surface area contributed by atoms with Crippen molar-refractivity contribution < 1.29 is 0 Å². The van der Waals surface area contributed by atoms with Gasteiger partial charge in [0.1, 0.15) is 11.0 Å². The molecule has 0 unspecified atom stereocenters. The molecule has 0 N–H and O–H groups in total. The molecule has 0 saturated heterocycles. The van der Waals surface area contributed by atoms with E-state index in [0.29, 0.717) is 0 Å². The highest BCUT2D eigenvalue weighted by atomic mass is 32.1. The van der Waals surface area contributed by atoms with Gasteiger partial charge in [-0.25, -0.2) is 0 Å². The smallest absolute Gasteiger partial charge is 0.114 e. The Labute approximate surface area is 225 Å². The number of hydrogen-bond donors (Lipinski definition) is 0. The van der Waals surface area contributed by atoms with Gasteiger partial charge >= 0.3 is 0 Å². The lowest BCUT2D eigenvalue weighted by Gasteiger charge is -2.06. The molecular formula is C28H24N2S5. The molecule has 0 fully saturated rings. The maximum atomic E-state index is 4.81. The van der Waals surface area contributed by atoms with Gasteiger partial charge in [0.25, 0.3) is 0 Å². The SMILES string of the molecule is Cc1ccc(-c2sc(-c3ccc(-c4sc(-c5ccc(C)s5)c(C)c4C)c4nsnc34)c(C)c2C)s1. The van der Waals surface area contributed by atoms with Gasteiger partial charge < -0.3 is 0 Å². The van der Waals surface area contributed by atoms with E-state index in [9.17, 15) is 0 Å². The lowest BCUT2D eigenvalue weighted by atomic mass is 10.00. The predicted octanol–water partition coefficient (Wildman–Crippen LogP) is 10.5. The van der Waals surface area contributed by atoms with E-state index >= 15 is 0 Å². The molecule has 0 aliphatic carbocycles. The fraction of sp³-hybridized carbons (Fsp3) is 0.214. The maximum Gasteiger partial charge on any atom is 0.114 e. The Balaban J connectivity index is 1.50. The summed E-state index contributed by atoms with van der Waals surface area (Å²) in [5, 5.41) is 0. The van der Waals surface area contributed by atoms with Gasteiger partial charge in [-0.2, -0.15) is 8.75 Å². The van der Waals surface area contributed by atoms with Crippen molar-refractivity contribution in [2.75, 3.05) is 0 Å².